The Morgan fingerprint density at radius 1 is 1.19 bits per heavy atom. The fraction of sp³-hybridized carbons (Fsp3) is 0.424. The zero-order valence-corrected chi connectivity index (χ0v) is 23.4. The second-order valence-electron chi connectivity index (χ2n) is 11.3. The average molecular weight is 484 g/mol. The third-order valence-electron chi connectivity index (χ3n) is 7.35. The summed E-state index contributed by atoms with van der Waals surface area (Å²) in [6.45, 7) is 26.9. The number of benzene rings is 1. The maximum absolute atomic E-state index is 8.17. The molecule has 1 aromatic carbocycles. The van der Waals surface area contributed by atoms with Crippen LogP contribution >= 0.6 is 0 Å². The van der Waals surface area contributed by atoms with E-state index in [9.17, 15) is 0 Å². The maximum Gasteiger partial charge on any atom is 0.0491 e. The van der Waals surface area contributed by atoms with Crippen LogP contribution < -0.4 is 5.32 Å². The first-order valence-electron chi connectivity index (χ1n) is 13.4. The Balaban J connectivity index is 2.03. The Labute approximate surface area is 219 Å². The van der Waals surface area contributed by atoms with E-state index in [1.54, 1.807) is 0 Å². The van der Waals surface area contributed by atoms with Crippen molar-refractivity contribution in [2.45, 2.75) is 79.7 Å². The minimum Gasteiger partial charge on any atom is -0.390 e. The summed E-state index contributed by atoms with van der Waals surface area (Å²) in [5, 5.41) is 11.6. The third-order valence-corrected chi connectivity index (χ3v) is 7.35. The number of hydrogen-bond donors (Lipinski definition) is 2. The standard InChI is InChI=1S/C33H45N3/c1-10-12-23(5)13-14-35-20-27(19-34)28-17-26-18-32(33(7,8)9)36-21-30(22(3)4)24(6)15-31(36)29(26)16-25(28)11-2/h15-17,19-21,32,34-35H,3,5-6,10-14,18H2,1-2,4,7-9H3/b27-20+,34-19?. The van der Waals surface area contributed by atoms with Crippen molar-refractivity contribution in [3.05, 3.63) is 94.9 Å². The summed E-state index contributed by atoms with van der Waals surface area (Å²) in [6, 6.07) is 4.99. The van der Waals surface area contributed by atoms with E-state index in [0.29, 0.717) is 6.04 Å². The minimum absolute atomic E-state index is 0.0817. The lowest BCUT2D eigenvalue weighted by Gasteiger charge is -2.47. The van der Waals surface area contributed by atoms with E-state index in [1.165, 1.54) is 34.2 Å². The number of allylic oxidation sites excluding steroid dienone is 5. The van der Waals surface area contributed by atoms with Crippen LogP contribution in [0.3, 0.4) is 0 Å². The molecule has 3 nitrogen and oxygen atoms in total. The van der Waals surface area contributed by atoms with Gasteiger partial charge in [0.1, 0.15) is 0 Å². The number of nitrogens with one attached hydrogen (secondary N) is 2. The summed E-state index contributed by atoms with van der Waals surface area (Å²) in [5.74, 6) is 0. The van der Waals surface area contributed by atoms with Gasteiger partial charge in [-0.15, -0.1) is 0 Å². The smallest absolute Gasteiger partial charge is 0.0491 e. The normalized spacial score (nSPS) is 17.6. The molecule has 2 N–H and O–H groups in total. The molecule has 0 bridgehead atoms. The molecule has 1 atom stereocenters. The summed E-state index contributed by atoms with van der Waals surface area (Å²) in [7, 11) is 0. The summed E-state index contributed by atoms with van der Waals surface area (Å²) in [6.07, 6.45) is 13.0. The van der Waals surface area contributed by atoms with Crippen molar-refractivity contribution in [3.8, 4) is 0 Å². The molecule has 1 aromatic rings. The molecule has 2 aliphatic heterocycles. The number of fused-ring (bicyclic) bond motifs is 3. The van der Waals surface area contributed by atoms with Gasteiger partial charge in [-0.05, 0) is 83.6 Å². The van der Waals surface area contributed by atoms with Gasteiger partial charge in [0, 0.05) is 48.0 Å². The summed E-state index contributed by atoms with van der Waals surface area (Å²) < 4.78 is 0. The highest BCUT2D eigenvalue weighted by atomic mass is 15.2. The van der Waals surface area contributed by atoms with Gasteiger partial charge in [-0.3, -0.25) is 0 Å². The number of aryl methyl sites for hydroxylation is 1. The molecule has 0 aromatic heterocycles. The molecule has 0 fully saturated rings. The van der Waals surface area contributed by atoms with Crippen LogP contribution in [0.25, 0.3) is 11.3 Å². The van der Waals surface area contributed by atoms with E-state index in [4.69, 9.17) is 5.41 Å². The maximum atomic E-state index is 8.17. The van der Waals surface area contributed by atoms with Crippen molar-refractivity contribution in [1.82, 2.24) is 10.2 Å². The lowest BCUT2D eigenvalue weighted by molar-refractivity contribution is 0.189. The lowest BCUT2D eigenvalue weighted by Crippen LogP contribution is -2.45. The topological polar surface area (TPSA) is 39.1 Å². The number of hydrogen-bond acceptors (Lipinski definition) is 3. The molecule has 3 heteroatoms. The van der Waals surface area contributed by atoms with Gasteiger partial charge in [0.15, 0.2) is 0 Å². The van der Waals surface area contributed by atoms with Crippen LogP contribution in [-0.2, 0) is 12.8 Å². The summed E-state index contributed by atoms with van der Waals surface area (Å²) >= 11 is 0. The predicted molar refractivity (Wildman–Crippen MR) is 158 cm³/mol. The van der Waals surface area contributed by atoms with Crippen molar-refractivity contribution in [1.29, 1.82) is 5.41 Å². The molecule has 1 unspecified atom stereocenters. The largest absolute Gasteiger partial charge is 0.390 e. The SMILES string of the molecule is C=C(CCC)CCN/C=C(\C=N)c1cc2c(cc1CC)C1=CC(=C)C(C(=C)C)=CN1C(C(C)(C)C)C2. The van der Waals surface area contributed by atoms with Crippen LogP contribution in [0.4, 0.5) is 0 Å². The second kappa shape index (κ2) is 11.3. The molecule has 0 radical (unpaired) electrons. The average Bonchev–Trinajstić information content (AvgIpc) is 2.82. The van der Waals surface area contributed by atoms with Crippen LogP contribution in [0.5, 0.6) is 0 Å². The van der Waals surface area contributed by atoms with Crippen molar-refractivity contribution in [2.75, 3.05) is 6.54 Å². The zero-order chi connectivity index (χ0) is 26.6. The van der Waals surface area contributed by atoms with Crippen molar-refractivity contribution in [2.24, 2.45) is 5.41 Å². The number of nitrogens with zero attached hydrogens (tertiary/aromatic N) is 1. The Hall–Kier alpha value is -3.07. The quantitative estimate of drug-likeness (QED) is 0.200. The molecule has 0 spiro atoms. The van der Waals surface area contributed by atoms with E-state index in [1.807, 2.05) is 6.20 Å². The molecule has 3 rings (SSSR count). The van der Waals surface area contributed by atoms with Crippen LogP contribution in [0.1, 0.15) is 83.1 Å². The van der Waals surface area contributed by atoms with Gasteiger partial charge in [0.2, 0.25) is 0 Å². The highest BCUT2D eigenvalue weighted by molar-refractivity contribution is 6.09. The minimum atomic E-state index is 0.0817. The van der Waals surface area contributed by atoms with Gasteiger partial charge in [0.05, 0.1) is 0 Å². The van der Waals surface area contributed by atoms with Crippen molar-refractivity contribution >= 4 is 17.5 Å². The first-order valence-corrected chi connectivity index (χ1v) is 13.4. The van der Waals surface area contributed by atoms with Crippen LogP contribution in [0.15, 0.2) is 72.6 Å². The zero-order valence-electron chi connectivity index (χ0n) is 23.4. The highest BCUT2D eigenvalue weighted by Crippen LogP contribution is 2.44. The highest BCUT2D eigenvalue weighted by Gasteiger charge is 2.38. The molecule has 0 amide bonds. The molecular weight excluding hydrogens is 438 g/mol. The Bertz CT molecular complexity index is 1150. The molecule has 2 heterocycles. The van der Waals surface area contributed by atoms with E-state index >= 15 is 0 Å². The first kappa shape index (κ1) is 27.5. The number of rotatable bonds is 10. The predicted octanol–water partition coefficient (Wildman–Crippen LogP) is 8.22. The summed E-state index contributed by atoms with van der Waals surface area (Å²) in [5.41, 5.74) is 11.7. The van der Waals surface area contributed by atoms with Gasteiger partial charge in [0.25, 0.3) is 0 Å². The fourth-order valence-electron chi connectivity index (χ4n) is 5.26. The van der Waals surface area contributed by atoms with Crippen LogP contribution in [0, 0.1) is 10.8 Å². The van der Waals surface area contributed by atoms with Gasteiger partial charge >= 0.3 is 0 Å². The molecule has 0 saturated heterocycles. The van der Waals surface area contributed by atoms with E-state index in [-0.39, 0.29) is 5.41 Å². The Morgan fingerprint density at radius 2 is 1.92 bits per heavy atom. The summed E-state index contributed by atoms with van der Waals surface area (Å²) in [4.78, 5) is 2.46. The molecule has 192 valence electrons. The van der Waals surface area contributed by atoms with Crippen molar-refractivity contribution in [3.63, 3.8) is 0 Å². The van der Waals surface area contributed by atoms with Crippen LogP contribution in [-0.4, -0.2) is 23.7 Å². The first-order chi connectivity index (χ1) is 17.0. The fourth-order valence-corrected chi connectivity index (χ4v) is 5.26. The van der Waals surface area contributed by atoms with E-state index in [0.717, 1.165) is 66.5 Å². The Morgan fingerprint density at radius 3 is 2.50 bits per heavy atom. The van der Waals surface area contributed by atoms with E-state index in [2.05, 4.69) is 95.9 Å². The van der Waals surface area contributed by atoms with E-state index < -0.39 is 0 Å². The lowest BCUT2D eigenvalue weighted by atomic mass is 9.75. The van der Waals surface area contributed by atoms with Gasteiger partial charge in [-0.25, -0.2) is 0 Å². The Kier molecular flexibility index (Phi) is 8.66. The molecule has 36 heavy (non-hydrogen) atoms. The van der Waals surface area contributed by atoms with Crippen LogP contribution in [0.2, 0.25) is 0 Å². The molecular formula is C33H45N3. The molecule has 0 saturated carbocycles. The second-order valence-corrected chi connectivity index (χ2v) is 11.3. The van der Waals surface area contributed by atoms with Gasteiger partial charge in [-0.2, -0.15) is 0 Å². The third kappa shape index (κ3) is 5.83. The van der Waals surface area contributed by atoms with Gasteiger partial charge < -0.3 is 15.6 Å². The molecule has 2 aliphatic rings. The molecule has 0 aliphatic carbocycles. The van der Waals surface area contributed by atoms with Crippen molar-refractivity contribution < 1.29 is 0 Å². The monoisotopic (exact) mass is 483 g/mol. The van der Waals surface area contributed by atoms with Gasteiger partial charge in [-0.1, -0.05) is 72.4 Å².